The fraction of sp³-hybridized carbons (Fsp3) is 0.529. The minimum atomic E-state index is -0.805. The SMILES string of the molecule is C[C@H](OC(=O)c1cccc2c1O[C@@H](C)[C@H]2C)C(=O)NC1CC1. The summed E-state index contributed by atoms with van der Waals surface area (Å²) in [5.41, 5.74) is 1.40. The number of carbonyl (C=O) groups is 2. The lowest BCUT2D eigenvalue weighted by atomic mass is 9.97. The number of esters is 1. The smallest absolute Gasteiger partial charge is 0.342 e. The van der Waals surface area contributed by atoms with Crippen molar-refractivity contribution in [2.24, 2.45) is 0 Å². The molecule has 22 heavy (non-hydrogen) atoms. The molecule has 3 atom stereocenters. The number of benzene rings is 1. The summed E-state index contributed by atoms with van der Waals surface area (Å²) in [6, 6.07) is 5.71. The van der Waals surface area contributed by atoms with E-state index in [0.29, 0.717) is 11.3 Å². The Kier molecular flexibility index (Phi) is 3.81. The van der Waals surface area contributed by atoms with Gasteiger partial charge in [0.25, 0.3) is 5.91 Å². The van der Waals surface area contributed by atoms with Crippen molar-refractivity contribution in [2.75, 3.05) is 0 Å². The van der Waals surface area contributed by atoms with Crippen LogP contribution in [0.5, 0.6) is 5.75 Å². The van der Waals surface area contributed by atoms with E-state index in [4.69, 9.17) is 9.47 Å². The number of hydrogen-bond acceptors (Lipinski definition) is 4. The summed E-state index contributed by atoms with van der Waals surface area (Å²) in [5.74, 6) is 0.0586. The van der Waals surface area contributed by atoms with E-state index in [2.05, 4.69) is 12.2 Å². The Morgan fingerprint density at radius 3 is 2.73 bits per heavy atom. The molecule has 0 saturated heterocycles. The van der Waals surface area contributed by atoms with Crippen molar-refractivity contribution in [3.63, 3.8) is 0 Å². The van der Waals surface area contributed by atoms with Crippen LogP contribution >= 0.6 is 0 Å². The molecule has 1 aromatic carbocycles. The molecule has 0 spiro atoms. The number of fused-ring (bicyclic) bond motifs is 1. The van der Waals surface area contributed by atoms with E-state index in [1.807, 2.05) is 19.1 Å². The second kappa shape index (κ2) is 5.63. The molecule has 0 aromatic heterocycles. The third-order valence-corrected chi connectivity index (χ3v) is 4.34. The first-order valence-electron chi connectivity index (χ1n) is 7.78. The molecule has 0 radical (unpaired) electrons. The average Bonchev–Trinajstić information content (AvgIpc) is 3.25. The van der Waals surface area contributed by atoms with E-state index in [9.17, 15) is 9.59 Å². The molecule has 3 rings (SSSR count). The third-order valence-electron chi connectivity index (χ3n) is 4.34. The highest BCUT2D eigenvalue weighted by atomic mass is 16.6. The topological polar surface area (TPSA) is 64.6 Å². The average molecular weight is 303 g/mol. The van der Waals surface area contributed by atoms with Crippen LogP contribution in [-0.4, -0.2) is 30.1 Å². The number of carbonyl (C=O) groups excluding carboxylic acids is 2. The molecule has 1 saturated carbocycles. The van der Waals surface area contributed by atoms with Gasteiger partial charge in [-0.1, -0.05) is 19.1 Å². The van der Waals surface area contributed by atoms with Crippen molar-refractivity contribution in [1.82, 2.24) is 5.32 Å². The molecule has 5 heteroatoms. The molecular formula is C17H21NO4. The van der Waals surface area contributed by atoms with Gasteiger partial charge in [-0.25, -0.2) is 4.79 Å². The summed E-state index contributed by atoms with van der Waals surface area (Å²) in [7, 11) is 0. The maximum absolute atomic E-state index is 12.4. The summed E-state index contributed by atoms with van der Waals surface area (Å²) in [4.78, 5) is 24.2. The zero-order valence-electron chi connectivity index (χ0n) is 13.1. The summed E-state index contributed by atoms with van der Waals surface area (Å²) >= 11 is 0. The highest BCUT2D eigenvalue weighted by Crippen LogP contribution is 2.40. The van der Waals surface area contributed by atoms with Gasteiger partial charge in [-0.2, -0.15) is 0 Å². The fourth-order valence-corrected chi connectivity index (χ4v) is 2.57. The first-order valence-corrected chi connectivity index (χ1v) is 7.78. The van der Waals surface area contributed by atoms with E-state index in [1.165, 1.54) is 0 Å². The lowest BCUT2D eigenvalue weighted by Crippen LogP contribution is -2.37. The number of rotatable bonds is 4. The van der Waals surface area contributed by atoms with Gasteiger partial charge in [-0.3, -0.25) is 4.79 Å². The molecule has 1 aliphatic carbocycles. The van der Waals surface area contributed by atoms with Crippen LogP contribution in [0.25, 0.3) is 0 Å². The highest BCUT2D eigenvalue weighted by molar-refractivity contribution is 5.95. The Bertz CT molecular complexity index is 609. The number of ether oxygens (including phenoxy) is 2. The minimum absolute atomic E-state index is 0.0274. The Morgan fingerprint density at radius 1 is 1.32 bits per heavy atom. The van der Waals surface area contributed by atoms with Crippen LogP contribution in [0.4, 0.5) is 0 Å². The van der Waals surface area contributed by atoms with Crippen molar-refractivity contribution >= 4 is 11.9 Å². The zero-order chi connectivity index (χ0) is 15.9. The largest absolute Gasteiger partial charge is 0.489 e. The molecule has 2 aliphatic rings. The molecule has 1 amide bonds. The van der Waals surface area contributed by atoms with Gasteiger partial charge in [0, 0.05) is 17.5 Å². The van der Waals surface area contributed by atoms with Crippen LogP contribution < -0.4 is 10.1 Å². The van der Waals surface area contributed by atoms with Crippen LogP contribution in [0.3, 0.4) is 0 Å². The normalized spacial score (nSPS) is 24.1. The van der Waals surface area contributed by atoms with Crippen LogP contribution in [0.2, 0.25) is 0 Å². The molecule has 5 nitrogen and oxygen atoms in total. The molecular weight excluding hydrogens is 282 g/mol. The number of amides is 1. The lowest BCUT2D eigenvalue weighted by molar-refractivity contribution is -0.129. The molecule has 1 aromatic rings. The van der Waals surface area contributed by atoms with Crippen LogP contribution in [0.15, 0.2) is 18.2 Å². The van der Waals surface area contributed by atoms with Crippen molar-refractivity contribution in [3.05, 3.63) is 29.3 Å². The van der Waals surface area contributed by atoms with E-state index in [0.717, 1.165) is 18.4 Å². The van der Waals surface area contributed by atoms with Crippen LogP contribution in [0.1, 0.15) is 55.5 Å². The predicted molar refractivity (Wildman–Crippen MR) is 81.0 cm³/mol. The maximum Gasteiger partial charge on any atom is 0.342 e. The van der Waals surface area contributed by atoms with E-state index in [1.54, 1.807) is 13.0 Å². The van der Waals surface area contributed by atoms with Gasteiger partial charge >= 0.3 is 5.97 Å². The van der Waals surface area contributed by atoms with Gasteiger partial charge in [0.2, 0.25) is 0 Å². The van der Waals surface area contributed by atoms with Gasteiger partial charge in [0.05, 0.1) is 0 Å². The first-order chi connectivity index (χ1) is 10.5. The summed E-state index contributed by atoms with van der Waals surface area (Å²) in [5, 5.41) is 2.83. The lowest BCUT2D eigenvalue weighted by Gasteiger charge is -2.14. The predicted octanol–water partition coefficient (Wildman–Crippen LogP) is 2.39. The second-order valence-electron chi connectivity index (χ2n) is 6.17. The fourth-order valence-electron chi connectivity index (χ4n) is 2.57. The van der Waals surface area contributed by atoms with Crippen molar-refractivity contribution in [1.29, 1.82) is 0 Å². The second-order valence-corrected chi connectivity index (χ2v) is 6.17. The molecule has 0 bridgehead atoms. The Labute approximate surface area is 130 Å². The van der Waals surface area contributed by atoms with E-state index < -0.39 is 12.1 Å². The van der Waals surface area contributed by atoms with Gasteiger partial charge in [-0.05, 0) is 32.8 Å². The van der Waals surface area contributed by atoms with Gasteiger partial charge in [0.1, 0.15) is 17.4 Å². The van der Waals surface area contributed by atoms with Gasteiger partial charge < -0.3 is 14.8 Å². The van der Waals surface area contributed by atoms with Gasteiger partial charge in [0.15, 0.2) is 6.10 Å². The van der Waals surface area contributed by atoms with Crippen molar-refractivity contribution in [3.8, 4) is 5.75 Å². The third kappa shape index (κ3) is 2.80. The summed E-state index contributed by atoms with van der Waals surface area (Å²) in [6.45, 7) is 5.63. The van der Waals surface area contributed by atoms with Crippen LogP contribution in [-0.2, 0) is 9.53 Å². The standard InChI is InChI=1S/C17H21NO4/c1-9-10(2)21-15-13(9)5-4-6-14(15)17(20)22-11(3)16(19)18-12-7-8-12/h4-6,9-12H,7-8H2,1-3H3,(H,18,19)/t9-,10+,11+/m1/s1. The number of hydrogen-bond donors (Lipinski definition) is 1. The first kappa shape index (κ1) is 14.9. The zero-order valence-corrected chi connectivity index (χ0v) is 13.1. The Morgan fingerprint density at radius 2 is 2.05 bits per heavy atom. The molecule has 0 unspecified atom stereocenters. The molecule has 1 N–H and O–H groups in total. The Hall–Kier alpha value is -2.04. The Balaban J connectivity index is 1.72. The monoisotopic (exact) mass is 303 g/mol. The molecule has 1 fully saturated rings. The molecule has 1 aliphatic heterocycles. The van der Waals surface area contributed by atoms with E-state index in [-0.39, 0.29) is 24.0 Å². The highest BCUT2D eigenvalue weighted by Gasteiger charge is 2.33. The minimum Gasteiger partial charge on any atom is -0.489 e. The maximum atomic E-state index is 12.4. The number of nitrogens with one attached hydrogen (secondary N) is 1. The van der Waals surface area contributed by atoms with Crippen molar-refractivity contribution < 1.29 is 19.1 Å². The van der Waals surface area contributed by atoms with Crippen molar-refractivity contribution in [2.45, 2.75) is 57.8 Å². The van der Waals surface area contributed by atoms with Gasteiger partial charge in [-0.15, -0.1) is 0 Å². The van der Waals surface area contributed by atoms with E-state index >= 15 is 0 Å². The number of para-hydroxylation sites is 1. The summed E-state index contributed by atoms with van der Waals surface area (Å²) in [6.07, 6.45) is 1.23. The quantitative estimate of drug-likeness (QED) is 0.868. The molecule has 1 heterocycles. The summed E-state index contributed by atoms with van der Waals surface area (Å²) < 4.78 is 11.1. The van der Waals surface area contributed by atoms with Crippen LogP contribution in [0, 0.1) is 0 Å². The molecule has 118 valence electrons.